The summed E-state index contributed by atoms with van der Waals surface area (Å²) in [5, 5.41) is 9.25. The largest absolute Gasteiger partial charge is 0.483 e. The second-order valence-electron chi connectivity index (χ2n) is 4.67. The first-order chi connectivity index (χ1) is 9.83. The molecule has 20 heavy (non-hydrogen) atoms. The third-order valence-electron chi connectivity index (χ3n) is 3.23. The van der Waals surface area contributed by atoms with Gasteiger partial charge in [0.05, 0.1) is 23.9 Å². The van der Waals surface area contributed by atoms with Gasteiger partial charge in [-0.25, -0.2) is 4.99 Å². The van der Waals surface area contributed by atoms with E-state index in [1.165, 1.54) is 12.0 Å². The molecule has 0 bridgehead atoms. The normalized spacial score (nSPS) is 16.4. The quantitative estimate of drug-likeness (QED) is 0.610. The minimum absolute atomic E-state index is 0.596. The Morgan fingerprint density at radius 2 is 2.20 bits per heavy atom. The van der Waals surface area contributed by atoms with Crippen molar-refractivity contribution in [2.75, 3.05) is 19.7 Å². The molecule has 1 heterocycles. The van der Waals surface area contributed by atoms with Crippen LogP contribution in [0.3, 0.4) is 0 Å². The Balaban J connectivity index is 2.00. The van der Waals surface area contributed by atoms with Crippen molar-refractivity contribution in [2.24, 2.45) is 4.99 Å². The Labute approximate surface area is 120 Å². The molecule has 0 fully saturated rings. The van der Waals surface area contributed by atoms with Gasteiger partial charge in [-0.1, -0.05) is 30.3 Å². The first kappa shape index (κ1) is 14.3. The summed E-state index contributed by atoms with van der Waals surface area (Å²) in [6.07, 6.45) is 2.23. The standard InChI is InChI=1S/C16H19N3O/c1-2-20-13-18-16-8-9-19(12-15(16)10-17)11-14-6-4-3-5-7-14/h3-7,13H,2,8-9,11-12H2,1H3. The Hall–Kier alpha value is -2.12. The van der Waals surface area contributed by atoms with Gasteiger partial charge in [0.2, 0.25) is 0 Å². The van der Waals surface area contributed by atoms with E-state index in [-0.39, 0.29) is 0 Å². The Morgan fingerprint density at radius 3 is 2.90 bits per heavy atom. The zero-order chi connectivity index (χ0) is 14.2. The van der Waals surface area contributed by atoms with Crippen LogP contribution in [0.15, 0.2) is 46.6 Å². The predicted octanol–water partition coefficient (Wildman–Crippen LogP) is 2.73. The van der Waals surface area contributed by atoms with Crippen molar-refractivity contribution >= 4 is 6.40 Å². The summed E-state index contributed by atoms with van der Waals surface area (Å²) in [6, 6.07) is 12.6. The monoisotopic (exact) mass is 269 g/mol. The third-order valence-corrected chi connectivity index (χ3v) is 3.23. The van der Waals surface area contributed by atoms with Gasteiger partial charge in [0.15, 0.2) is 6.40 Å². The fourth-order valence-electron chi connectivity index (χ4n) is 2.20. The molecule has 0 aromatic heterocycles. The molecule has 2 rings (SSSR count). The van der Waals surface area contributed by atoms with Crippen LogP contribution in [-0.2, 0) is 11.3 Å². The van der Waals surface area contributed by atoms with E-state index in [0.717, 1.165) is 30.8 Å². The van der Waals surface area contributed by atoms with Crippen molar-refractivity contribution in [1.82, 2.24) is 4.90 Å². The maximum absolute atomic E-state index is 9.25. The first-order valence-corrected chi connectivity index (χ1v) is 6.86. The zero-order valence-corrected chi connectivity index (χ0v) is 11.7. The van der Waals surface area contributed by atoms with Gasteiger partial charge in [0.25, 0.3) is 0 Å². The van der Waals surface area contributed by atoms with Gasteiger partial charge in [0, 0.05) is 26.1 Å². The molecule has 0 radical (unpaired) electrons. The van der Waals surface area contributed by atoms with Crippen molar-refractivity contribution in [1.29, 1.82) is 5.26 Å². The number of nitrogens with zero attached hydrogens (tertiary/aromatic N) is 3. The van der Waals surface area contributed by atoms with Gasteiger partial charge in [-0.15, -0.1) is 0 Å². The highest BCUT2D eigenvalue weighted by atomic mass is 16.5. The highest BCUT2D eigenvalue weighted by Gasteiger charge is 2.18. The molecule has 4 nitrogen and oxygen atoms in total. The summed E-state index contributed by atoms with van der Waals surface area (Å²) in [6.45, 7) is 4.95. The molecule has 0 spiro atoms. The summed E-state index contributed by atoms with van der Waals surface area (Å²) in [4.78, 5) is 6.52. The fourth-order valence-corrected chi connectivity index (χ4v) is 2.20. The van der Waals surface area contributed by atoms with E-state index in [0.29, 0.717) is 13.2 Å². The van der Waals surface area contributed by atoms with E-state index in [4.69, 9.17) is 4.74 Å². The molecular formula is C16H19N3O. The van der Waals surface area contributed by atoms with Gasteiger partial charge in [-0.05, 0) is 12.5 Å². The molecule has 0 saturated carbocycles. The highest BCUT2D eigenvalue weighted by Crippen LogP contribution is 2.20. The first-order valence-electron chi connectivity index (χ1n) is 6.86. The molecule has 4 heteroatoms. The molecule has 1 aromatic rings. The van der Waals surface area contributed by atoms with Gasteiger partial charge in [-0.2, -0.15) is 5.26 Å². The topological polar surface area (TPSA) is 48.6 Å². The van der Waals surface area contributed by atoms with E-state index in [9.17, 15) is 5.26 Å². The maximum Gasteiger partial charge on any atom is 0.174 e. The van der Waals surface area contributed by atoms with Crippen molar-refractivity contribution in [2.45, 2.75) is 19.9 Å². The predicted molar refractivity (Wildman–Crippen MR) is 79.1 cm³/mol. The zero-order valence-electron chi connectivity index (χ0n) is 11.7. The van der Waals surface area contributed by atoms with Crippen LogP contribution in [0.2, 0.25) is 0 Å². The highest BCUT2D eigenvalue weighted by molar-refractivity contribution is 5.50. The minimum atomic E-state index is 0.596. The average molecular weight is 269 g/mol. The van der Waals surface area contributed by atoms with Crippen LogP contribution in [-0.4, -0.2) is 31.0 Å². The lowest BCUT2D eigenvalue weighted by Gasteiger charge is -2.26. The van der Waals surface area contributed by atoms with Crippen molar-refractivity contribution < 1.29 is 4.74 Å². The SMILES string of the molecule is CCOC=NC1=C(C#N)CN(Cc2ccccc2)CC1. The van der Waals surface area contributed by atoms with Crippen LogP contribution in [0, 0.1) is 11.3 Å². The molecule has 1 aliphatic heterocycles. The second-order valence-corrected chi connectivity index (χ2v) is 4.67. The number of rotatable bonds is 5. The van der Waals surface area contributed by atoms with Gasteiger partial charge >= 0.3 is 0 Å². The minimum Gasteiger partial charge on any atom is -0.483 e. The van der Waals surface area contributed by atoms with Crippen molar-refractivity contribution in [3.8, 4) is 6.07 Å². The summed E-state index contributed by atoms with van der Waals surface area (Å²) in [5.74, 6) is 0. The van der Waals surface area contributed by atoms with Crippen LogP contribution >= 0.6 is 0 Å². The van der Waals surface area contributed by atoms with Crippen molar-refractivity contribution in [3.05, 3.63) is 47.2 Å². The smallest absolute Gasteiger partial charge is 0.174 e. The number of aliphatic imine (C=N–C) groups is 1. The number of hydrogen-bond acceptors (Lipinski definition) is 4. The van der Waals surface area contributed by atoms with E-state index < -0.39 is 0 Å². The van der Waals surface area contributed by atoms with Gasteiger partial charge in [-0.3, -0.25) is 4.90 Å². The summed E-state index contributed by atoms with van der Waals surface area (Å²) in [7, 11) is 0. The van der Waals surface area contributed by atoms with E-state index in [1.54, 1.807) is 0 Å². The lowest BCUT2D eigenvalue weighted by atomic mass is 10.1. The molecule has 0 saturated heterocycles. The van der Waals surface area contributed by atoms with E-state index >= 15 is 0 Å². The Morgan fingerprint density at radius 1 is 1.40 bits per heavy atom. The average Bonchev–Trinajstić information content (AvgIpc) is 2.50. The Bertz CT molecular complexity index is 528. The molecular weight excluding hydrogens is 250 g/mol. The maximum atomic E-state index is 9.25. The van der Waals surface area contributed by atoms with Crippen LogP contribution in [0.1, 0.15) is 18.9 Å². The number of ether oxygens (including phenoxy) is 1. The third kappa shape index (κ3) is 3.94. The van der Waals surface area contributed by atoms with E-state index in [2.05, 4.69) is 28.1 Å². The molecule has 1 aliphatic rings. The summed E-state index contributed by atoms with van der Waals surface area (Å²) >= 11 is 0. The molecule has 0 atom stereocenters. The second kappa shape index (κ2) is 7.46. The number of nitriles is 1. The molecule has 0 unspecified atom stereocenters. The Kier molecular flexibility index (Phi) is 5.33. The summed E-state index contributed by atoms with van der Waals surface area (Å²) in [5.41, 5.74) is 2.86. The van der Waals surface area contributed by atoms with E-state index in [1.807, 2.05) is 25.1 Å². The van der Waals surface area contributed by atoms with Crippen molar-refractivity contribution in [3.63, 3.8) is 0 Å². The molecule has 0 N–H and O–H groups in total. The summed E-state index contributed by atoms with van der Waals surface area (Å²) < 4.78 is 5.10. The lowest BCUT2D eigenvalue weighted by Crippen LogP contribution is -2.30. The molecule has 0 amide bonds. The number of hydrogen-bond donors (Lipinski definition) is 0. The molecule has 0 aliphatic carbocycles. The van der Waals surface area contributed by atoms with Gasteiger partial charge in [0.1, 0.15) is 0 Å². The van der Waals surface area contributed by atoms with Crippen LogP contribution in [0.25, 0.3) is 0 Å². The van der Waals surface area contributed by atoms with Gasteiger partial charge < -0.3 is 4.74 Å². The fraction of sp³-hybridized carbons (Fsp3) is 0.375. The molecule has 1 aromatic carbocycles. The number of benzene rings is 1. The lowest BCUT2D eigenvalue weighted by molar-refractivity contribution is 0.279. The van der Waals surface area contributed by atoms with Crippen LogP contribution in [0.4, 0.5) is 0 Å². The molecule has 104 valence electrons. The van der Waals surface area contributed by atoms with Crippen LogP contribution in [0.5, 0.6) is 0 Å². The van der Waals surface area contributed by atoms with Crippen LogP contribution < -0.4 is 0 Å².